The molecule has 0 bridgehead atoms. The van der Waals surface area contributed by atoms with Crippen LogP contribution < -0.4 is 0 Å². The van der Waals surface area contributed by atoms with Crippen LogP contribution in [0.2, 0.25) is 0 Å². The fourth-order valence-corrected chi connectivity index (χ4v) is 0.682. The monoisotopic (exact) mass is 190 g/mol. The first kappa shape index (κ1) is 12.4. The lowest BCUT2D eigenvalue weighted by Gasteiger charge is -2.22. The second kappa shape index (κ2) is 5.19. The molecule has 0 aliphatic rings. The molecule has 0 saturated carbocycles. The standard InChI is InChI=1S/C9H18O4/c1-7(12-6-5-10)8(11)13-9(2,3)4/h7,10H,5-6H2,1-4H3. The predicted molar refractivity (Wildman–Crippen MR) is 48.3 cm³/mol. The molecule has 13 heavy (non-hydrogen) atoms. The summed E-state index contributed by atoms with van der Waals surface area (Å²) in [5.41, 5.74) is -0.492. The molecule has 0 rings (SSSR count). The van der Waals surface area contributed by atoms with E-state index in [1.165, 1.54) is 0 Å². The molecule has 0 spiro atoms. The van der Waals surface area contributed by atoms with Gasteiger partial charge in [-0.15, -0.1) is 0 Å². The summed E-state index contributed by atoms with van der Waals surface area (Å²) in [7, 11) is 0. The lowest BCUT2D eigenvalue weighted by Crippen LogP contribution is -2.32. The van der Waals surface area contributed by atoms with E-state index < -0.39 is 17.7 Å². The third-order valence-electron chi connectivity index (χ3n) is 1.20. The van der Waals surface area contributed by atoms with Crippen molar-refractivity contribution < 1.29 is 19.4 Å². The molecule has 1 unspecified atom stereocenters. The zero-order valence-corrected chi connectivity index (χ0v) is 8.66. The van der Waals surface area contributed by atoms with Crippen molar-refractivity contribution in [2.45, 2.75) is 39.4 Å². The van der Waals surface area contributed by atoms with Gasteiger partial charge in [0.15, 0.2) is 6.10 Å². The maximum atomic E-state index is 11.2. The molecule has 0 fully saturated rings. The molecule has 0 aromatic heterocycles. The molecule has 0 aliphatic carbocycles. The van der Waals surface area contributed by atoms with Crippen LogP contribution in [0.3, 0.4) is 0 Å². The van der Waals surface area contributed by atoms with Crippen molar-refractivity contribution in [3.8, 4) is 0 Å². The van der Waals surface area contributed by atoms with Gasteiger partial charge < -0.3 is 14.6 Å². The van der Waals surface area contributed by atoms with Crippen molar-refractivity contribution in [3.63, 3.8) is 0 Å². The zero-order valence-electron chi connectivity index (χ0n) is 8.66. The summed E-state index contributed by atoms with van der Waals surface area (Å²) in [4.78, 5) is 11.2. The number of rotatable bonds is 4. The van der Waals surface area contributed by atoms with Crippen LogP contribution in [-0.4, -0.2) is 36.0 Å². The third kappa shape index (κ3) is 6.54. The Bertz CT molecular complexity index is 159. The Morgan fingerprint density at radius 2 is 2.00 bits per heavy atom. The first-order chi connectivity index (χ1) is 5.87. The molecule has 0 aromatic carbocycles. The molecule has 1 atom stereocenters. The summed E-state index contributed by atoms with van der Waals surface area (Å²) in [5.74, 6) is -0.402. The fourth-order valence-electron chi connectivity index (χ4n) is 0.682. The van der Waals surface area contributed by atoms with Crippen LogP contribution in [0.4, 0.5) is 0 Å². The van der Waals surface area contributed by atoms with E-state index in [9.17, 15) is 4.79 Å². The molecule has 0 aromatic rings. The predicted octanol–water partition coefficient (Wildman–Crippen LogP) is 0.725. The van der Waals surface area contributed by atoms with Gasteiger partial charge in [0.1, 0.15) is 5.60 Å². The third-order valence-corrected chi connectivity index (χ3v) is 1.20. The zero-order chi connectivity index (χ0) is 10.5. The van der Waals surface area contributed by atoms with Gasteiger partial charge in [-0.1, -0.05) is 0 Å². The number of ether oxygens (including phenoxy) is 2. The average molecular weight is 190 g/mol. The molecule has 0 amide bonds. The van der Waals surface area contributed by atoms with Crippen molar-refractivity contribution in [1.29, 1.82) is 0 Å². The minimum Gasteiger partial charge on any atom is -0.458 e. The number of hydrogen-bond acceptors (Lipinski definition) is 4. The molecule has 0 radical (unpaired) electrons. The van der Waals surface area contributed by atoms with Gasteiger partial charge in [-0.25, -0.2) is 4.79 Å². The number of carbonyl (C=O) groups excluding carboxylic acids is 1. The summed E-state index contributed by atoms with van der Waals surface area (Å²) in [6, 6.07) is 0. The normalized spacial score (nSPS) is 13.9. The van der Waals surface area contributed by atoms with E-state index in [1.807, 2.05) is 0 Å². The number of aliphatic hydroxyl groups excluding tert-OH is 1. The van der Waals surface area contributed by atoms with E-state index in [1.54, 1.807) is 27.7 Å². The number of esters is 1. The minimum atomic E-state index is -0.619. The molecule has 4 nitrogen and oxygen atoms in total. The highest BCUT2D eigenvalue weighted by atomic mass is 16.6. The largest absolute Gasteiger partial charge is 0.458 e. The van der Waals surface area contributed by atoms with E-state index in [2.05, 4.69) is 0 Å². The maximum absolute atomic E-state index is 11.2. The fraction of sp³-hybridized carbons (Fsp3) is 0.889. The first-order valence-corrected chi connectivity index (χ1v) is 4.32. The average Bonchev–Trinajstić information content (AvgIpc) is 1.96. The van der Waals surface area contributed by atoms with Crippen LogP contribution in [0.5, 0.6) is 0 Å². The van der Waals surface area contributed by atoms with Crippen LogP contribution in [0.15, 0.2) is 0 Å². The van der Waals surface area contributed by atoms with Crippen LogP contribution >= 0.6 is 0 Å². The van der Waals surface area contributed by atoms with Crippen LogP contribution in [0.25, 0.3) is 0 Å². The molecular formula is C9H18O4. The summed E-state index contributed by atoms with van der Waals surface area (Å²) < 4.78 is 10.0. The van der Waals surface area contributed by atoms with E-state index in [0.29, 0.717) is 0 Å². The Hall–Kier alpha value is -0.610. The quantitative estimate of drug-likeness (QED) is 0.664. The van der Waals surface area contributed by atoms with Gasteiger partial charge in [0.2, 0.25) is 0 Å². The number of hydrogen-bond donors (Lipinski definition) is 1. The number of aliphatic hydroxyl groups is 1. The van der Waals surface area contributed by atoms with Crippen molar-refractivity contribution in [2.75, 3.05) is 13.2 Å². The molecule has 78 valence electrons. The highest BCUT2D eigenvalue weighted by molar-refractivity contribution is 5.74. The van der Waals surface area contributed by atoms with Gasteiger partial charge in [-0.3, -0.25) is 0 Å². The van der Waals surface area contributed by atoms with E-state index in [4.69, 9.17) is 14.6 Å². The number of carbonyl (C=O) groups is 1. The van der Waals surface area contributed by atoms with Crippen molar-refractivity contribution in [2.24, 2.45) is 0 Å². The molecule has 0 aliphatic heterocycles. The van der Waals surface area contributed by atoms with Crippen molar-refractivity contribution >= 4 is 5.97 Å². The highest BCUT2D eigenvalue weighted by Gasteiger charge is 2.21. The van der Waals surface area contributed by atoms with Gasteiger partial charge in [-0.05, 0) is 27.7 Å². The second-order valence-electron chi connectivity index (χ2n) is 3.77. The van der Waals surface area contributed by atoms with Gasteiger partial charge in [0.05, 0.1) is 13.2 Å². The Labute approximate surface area is 78.8 Å². The van der Waals surface area contributed by atoms with Crippen LogP contribution in [0, 0.1) is 0 Å². The molecule has 1 N–H and O–H groups in total. The summed E-state index contributed by atoms with van der Waals surface area (Å²) in [6.45, 7) is 7.05. The summed E-state index contributed by atoms with van der Waals surface area (Å²) in [6.07, 6.45) is -0.619. The second-order valence-corrected chi connectivity index (χ2v) is 3.77. The Morgan fingerprint density at radius 1 is 1.46 bits per heavy atom. The van der Waals surface area contributed by atoms with E-state index in [0.717, 1.165) is 0 Å². The Morgan fingerprint density at radius 3 is 2.38 bits per heavy atom. The van der Waals surface area contributed by atoms with Gasteiger partial charge in [-0.2, -0.15) is 0 Å². The first-order valence-electron chi connectivity index (χ1n) is 4.32. The lowest BCUT2D eigenvalue weighted by atomic mass is 10.2. The Kier molecular flexibility index (Phi) is 4.95. The van der Waals surface area contributed by atoms with Gasteiger partial charge in [0.25, 0.3) is 0 Å². The molecule has 4 heteroatoms. The van der Waals surface area contributed by atoms with E-state index in [-0.39, 0.29) is 13.2 Å². The SMILES string of the molecule is CC(OCCO)C(=O)OC(C)(C)C. The van der Waals surface area contributed by atoms with Crippen molar-refractivity contribution in [1.82, 2.24) is 0 Å². The van der Waals surface area contributed by atoms with Crippen LogP contribution in [0.1, 0.15) is 27.7 Å². The van der Waals surface area contributed by atoms with Crippen molar-refractivity contribution in [3.05, 3.63) is 0 Å². The molecular weight excluding hydrogens is 172 g/mol. The maximum Gasteiger partial charge on any atom is 0.335 e. The van der Waals surface area contributed by atoms with Gasteiger partial charge >= 0.3 is 5.97 Å². The smallest absolute Gasteiger partial charge is 0.335 e. The summed E-state index contributed by atoms with van der Waals surface area (Å²) >= 11 is 0. The lowest BCUT2D eigenvalue weighted by molar-refractivity contribution is -0.167. The van der Waals surface area contributed by atoms with E-state index >= 15 is 0 Å². The van der Waals surface area contributed by atoms with Crippen LogP contribution in [-0.2, 0) is 14.3 Å². The van der Waals surface area contributed by atoms with Gasteiger partial charge in [0, 0.05) is 0 Å². The molecule has 0 saturated heterocycles. The topological polar surface area (TPSA) is 55.8 Å². The summed E-state index contributed by atoms with van der Waals surface area (Å²) in [5, 5.41) is 8.45. The minimum absolute atomic E-state index is 0.0901. The Balaban J connectivity index is 3.83. The molecule has 0 heterocycles. The highest BCUT2D eigenvalue weighted by Crippen LogP contribution is 2.09.